The van der Waals surface area contributed by atoms with Crippen molar-refractivity contribution in [1.29, 1.82) is 0 Å². The van der Waals surface area contributed by atoms with Crippen LogP contribution in [0.2, 0.25) is 0 Å². The number of hydrogen-bond acceptors (Lipinski definition) is 4. The molecular formula is C19H29N3O2. The predicted molar refractivity (Wildman–Crippen MR) is 98.6 cm³/mol. The Balaban J connectivity index is 1.97. The number of anilines is 1. The predicted octanol–water partition coefficient (Wildman–Crippen LogP) is 3.19. The van der Waals surface area contributed by atoms with E-state index in [-0.39, 0.29) is 17.9 Å². The first-order valence-corrected chi connectivity index (χ1v) is 8.84. The Kier molecular flexibility index (Phi) is 6.37. The Morgan fingerprint density at radius 2 is 1.96 bits per heavy atom. The van der Waals surface area contributed by atoms with Crippen LogP contribution in [0.5, 0.6) is 0 Å². The molecule has 0 aromatic heterocycles. The van der Waals surface area contributed by atoms with E-state index in [0.717, 1.165) is 37.2 Å². The summed E-state index contributed by atoms with van der Waals surface area (Å²) in [7, 11) is 0. The first-order chi connectivity index (χ1) is 11.5. The largest absolute Gasteiger partial charge is 0.396 e. The highest BCUT2D eigenvalue weighted by Crippen LogP contribution is 2.29. The van der Waals surface area contributed by atoms with Gasteiger partial charge in [-0.2, -0.15) is 5.10 Å². The van der Waals surface area contributed by atoms with Gasteiger partial charge in [0.1, 0.15) is 0 Å². The molecular weight excluding hydrogens is 302 g/mol. The summed E-state index contributed by atoms with van der Waals surface area (Å²) in [5.41, 5.74) is 2.78. The molecule has 0 saturated heterocycles. The van der Waals surface area contributed by atoms with Crippen LogP contribution in [-0.4, -0.2) is 36.4 Å². The van der Waals surface area contributed by atoms with Crippen LogP contribution in [0.15, 0.2) is 29.4 Å². The fourth-order valence-electron chi connectivity index (χ4n) is 3.09. The van der Waals surface area contributed by atoms with Crippen molar-refractivity contribution in [1.82, 2.24) is 5.32 Å². The second kappa shape index (κ2) is 8.29. The van der Waals surface area contributed by atoms with Crippen molar-refractivity contribution >= 4 is 17.3 Å². The molecule has 1 heterocycles. The quantitative estimate of drug-likeness (QED) is 0.769. The van der Waals surface area contributed by atoms with Gasteiger partial charge in [-0.3, -0.25) is 9.80 Å². The molecule has 0 bridgehead atoms. The van der Waals surface area contributed by atoms with Crippen LogP contribution in [0.25, 0.3) is 0 Å². The number of aliphatic hydroxyl groups is 1. The Labute approximate surface area is 144 Å². The summed E-state index contributed by atoms with van der Waals surface area (Å²) in [6.45, 7) is 7.89. The number of carbonyl (C=O) groups is 1. The van der Waals surface area contributed by atoms with Crippen LogP contribution in [0, 0.1) is 5.41 Å². The Bertz CT molecular complexity index is 577. The SMILES string of the molecule is CCC(CC)(CCO)CNC(=O)c1ccc(N2CCC(C)=N2)cc1. The number of amides is 1. The number of nitrogens with one attached hydrogen (secondary N) is 1. The first-order valence-electron chi connectivity index (χ1n) is 8.84. The molecule has 0 unspecified atom stereocenters. The molecule has 0 saturated carbocycles. The van der Waals surface area contributed by atoms with E-state index < -0.39 is 0 Å². The lowest BCUT2D eigenvalue weighted by molar-refractivity contribution is 0.0907. The Morgan fingerprint density at radius 1 is 1.29 bits per heavy atom. The van der Waals surface area contributed by atoms with E-state index in [9.17, 15) is 9.90 Å². The molecule has 0 atom stereocenters. The number of carbonyl (C=O) groups excluding carboxylic acids is 1. The molecule has 1 aromatic rings. The van der Waals surface area contributed by atoms with Crippen LogP contribution in [0.4, 0.5) is 5.69 Å². The van der Waals surface area contributed by atoms with Crippen molar-refractivity contribution in [3.8, 4) is 0 Å². The van der Waals surface area contributed by atoms with Crippen LogP contribution < -0.4 is 10.3 Å². The Hall–Kier alpha value is -1.88. The van der Waals surface area contributed by atoms with E-state index in [2.05, 4.69) is 24.3 Å². The second-order valence-electron chi connectivity index (χ2n) is 6.62. The molecule has 5 nitrogen and oxygen atoms in total. The van der Waals surface area contributed by atoms with Gasteiger partial charge in [-0.25, -0.2) is 0 Å². The van der Waals surface area contributed by atoms with E-state index >= 15 is 0 Å². The van der Waals surface area contributed by atoms with Gasteiger partial charge < -0.3 is 10.4 Å². The van der Waals surface area contributed by atoms with E-state index in [1.165, 1.54) is 0 Å². The molecule has 0 aliphatic carbocycles. The third-order valence-corrected chi connectivity index (χ3v) is 5.17. The first kappa shape index (κ1) is 18.5. The van der Waals surface area contributed by atoms with Crippen molar-refractivity contribution in [3.05, 3.63) is 29.8 Å². The van der Waals surface area contributed by atoms with Crippen molar-refractivity contribution in [2.24, 2.45) is 10.5 Å². The third kappa shape index (κ3) is 4.35. The molecule has 132 valence electrons. The molecule has 2 rings (SSSR count). The summed E-state index contributed by atoms with van der Waals surface area (Å²) in [4.78, 5) is 12.4. The minimum absolute atomic E-state index is 0.0217. The fourth-order valence-corrected chi connectivity index (χ4v) is 3.09. The van der Waals surface area contributed by atoms with E-state index in [1.54, 1.807) is 0 Å². The maximum absolute atomic E-state index is 12.4. The van der Waals surface area contributed by atoms with Crippen molar-refractivity contribution in [2.45, 2.75) is 46.5 Å². The molecule has 24 heavy (non-hydrogen) atoms. The molecule has 0 radical (unpaired) electrons. The van der Waals surface area contributed by atoms with Crippen molar-refractivity contribution in [3.63, 3.8) is 0 Å². The van der Waals surface area contributed by atoms with Crippen LogP contribution in [0.1, 0.15) is 56.8 Å². The number of aliphatic hydroxyl groups excluding tert-OH is 1. The smallest absolute Gasteiger partial charge is 0.251 e. The zero-order chi connectivity index (χ0) is 17.6. The van der Waals surface area contributed by atoms with Gasteiger partial charge in [-0.15, -0.1) is 0 Å². The topological polar surface area (TPSA) is 64.9 Å². The summed E-state index contributed by atoms with van der Waals surface area (Å²) < 4.78 is 0. The van der Waals surface area contributed by atoms with E-state index in [4.69, 9.17) is 0 Å². The van der Waals surface area contributed by atoms with Gasteiger partial charge in [0.05, 0.1) is 5.69 Å². The van der Waals surface area contributed by atoms with Gasteiger partial charge in [-0.05, 0) is 55.9 Å². The highest BCUT2D eigenvalue weighted by molar-refractivity contribution is 5.94. The van der Waals surface area contributed by atoms with Gasteiger partial charge in [-0.1, -0.05) is 13.8 Å². The summed E-state index contributed by atoms with van der Waals surface area (Å²) in [6, 6.07) is 7.58. The van der Waals surface area contributed by atoms with E-state index in [1.807, 2.05) is 36.2 Å². The molecule has 1 aliphatic rings. The lowest BCUT2D eigenvalue weighted by Crippen LogP contribution is -2.37. The van der Waals surface area contributed by atoms with Gasteiger partial charge in [0.2, 0.25) is 0 Å². The van der Waals surface area contributed by atoms with E-state index in [0.29, 0.717) is 18.5 Å². The molecule has 5 heteroatoms. The minimum atomic E-state index is -0.0631. The lowest BCUT2D eigenvalue weighted by Gasteiger charge is -2.31. The fraction of sp³-hybridized carbons (Fsp3) is 0.579. The highest BCUT2D eigenvalue weighted by Gasteiger charge is 2.26. The molecule has 2 N–H and O–H groups in total. The maximum atomic E-state index is 12.4. The van der Waals surface area contributed by atoms with Crippen LogP contribution in [-0.2, 0) is 0 Å². The highest BCUT2D eigenvalue weighted by atomic mass is 16.3. The number of rotatable bonds is 8. The molecule has 1 amide bonds. The monoisotopic (exact) mass is 331 g/mol. The summed E-state index contributed by atoms with van der Waals surface area (Å²) in [5.74, 6) is -0.0631. The summed E-state index contributed by atoms with van der Waals surface area (Å²) >= 11 is 0. The maximum Gasteiger partial charge on any atom is 0.251 e. The third-order valence-electron chi connectivity index (χ3n) is 5.17. The average molecular weight is 331 g/mol. The lowest BCUT2D eigenvalue weighted by atomic mass is 9.79. The molecule has 1 aliphatic heterocycles. The van der Waals surface area contributed by atoms with Crippen molar-refractivity contribution < 1.29 is 9.90 Å². The van der Waals surface area contributed by atoms with Crippen molar-refractivity contribution in [2.75, 3.05) is 24.7 Å². The summed E-state index contributed by atoms with van der Waals surface area (Å²) in [6.07, 6.45) is 3.58. The standard InChI is InChI=1S/C19H29N3O2/c1-4-19(5-2,11-13-23)14-20-18(24)16-6-8-17(9-7-16)22-12-10-15(3)21-22/h6-9,23H,4-5,10-14H2,1-3H3,(H,20,24). The second-order valence-corrected chi connectivity index (χ2v) is 6.62. The Morgan fingerprint density at radius 3 is 2.46 bits per heavy atom. The van der Waals surface area contributed by atoms with Crippen LogP contribution >= 0.6 is 0 Å². The van der Waals surface area contributed by atoms with Gasteiger partial charge in [0.15, 0.2) is 0 Å². The van der Waals surface area contributed by atoms with Gasteiger partial charge in [0, 0.05) is 37.4 Å². The normalized spacial score (nSPS) is 14.7. The zero-order valence-corrected chi connectivity index (χ0v) is 15.0. The number of benzene rings is 1. The number of hydrogen-bond donors (Lipinski definition) is 2. The number of hydrazone groups is 1. The number of nitrogens with zero attached hydrogens (tertiary/aromatic N) is 2. The van der Waals surface area contributed by atoms with Gasteiger partial charge in [0.25, 0.3) is 5.91 Å². The average Bonchev–Trinajstić information content (AvgIpc) is 3.05. The molecule has 1 aromatic carbocycles. The van der Waals surface area contributed by atoms with Gasteiger partial charge >= 0.3 is 0 Å². The van der Waals surface area contributed by atoms with Crippen LogP contribution in [0.3, 0.4) is 0 Å². The molecule has 0 spiro atoms. The summed E-state index contributed by atoms with van der Waals surface area (Å²) in [5, 5.41) is 18.7. The molecule has 0 fully saturated rings. The zero-order valence-electron chi connectivity index (χ0n) is 15.0. The minimum Gasteiger partial charge on any atom is -0.396 e.